The fourth-order valence-corrected chi connectivity index (χ4v) is 1.80. The first-order valence-electron chi connectivity index (χ1n) is 6.47. The van der Waals surface area contributed by atoms with Gasteiger partial charge in [-0.05, 0) is 25.1 Å². The number of nitrogens with one attached hydrogen (secondary N) is 1. The lowest BCUT2D eigenvalue weighted by molar-refractivity contribution is -0.117. The third-order valence-corrected chi connectivity index (χ3v) is 3.22. The highest BCUT2D eigenvalue weighted by molar-refractivity contribution is 6.32. The Bertz CT molecular complexity index is 497. The maximum absolute atomic E-state index is 13.5. The molecule has 0 bridgehead atoms. The van der Waals surface area contributed by atoms with Crippen LogP contribution in [-0.4, -0.2) is 36.9 Å². The average molecular weight is 316 g/mol. The van der Waals surface area contributed by atoms with E-state index in [-0.39, 0.29) is 17.1 Å². The molecule has 0 radical (unpaired) electrons. The molecular weight excluding hydrogens is 297 g/mol. The van der Waals surface area contributed by atoms with Gasteiger partial charge in [-0.3, -0.25) is 4.79 Å². The zero-order chi connectivity index (χ0) is 15.9. The molecule has 0 saturated carbocycles. The molecule has 1 aromatic rings. The van der Waals surface area contributed by atoms with Crippen LogP contribution in [0.15, 0.2) is 24.3 Å². The van der Waals surface area contributed by atoms with Crippen molar-refractivity contribution in [1.82, 2.24) is 5.32 Å². The van der Waals surface area contributed by atoms with Crippen molar-refractivity contribution in [3.05, 3.63) is 40.7 Å². The summed E-state index contributed by atoms with van der Waals surface area (Å²) in [4.78, 5) is 11.7. The minimum Gasteiger partial charge on any atom is -0.388 e. The molecule has 0 spiro atoms. The Hall–Kier alpha value is -1.43. The summed E-state index contributed by atoms with van der Waals surface area (Å²) in [6.07, 6.45) is 2.88. The van der Waals surface area contributed by atoms with Crippen molar-refractivity contribution in [3.8, 4) is 0 Å². The molecule has 116 valence electrons. The van der Waals surface area contributed by atoms with E-state index in [1.165, 1.54) is 37.5 Å². The van der Waals surface area contributed by atoms with Gasteiger partial charge in [-0.15, -0.1) is 0 Å². The first-order chi connectivity index (χ1) is 9.85. The molecule has 1 unspecified atom stereocenters. The van der Waals surface area contributed by atoms with Crippen LogP contribution in [0.4, 0.5) is 4.39 Å². The van der Waals surface area contributed by atoms with Crippen molar-refractivity contribution in [1.29, 1.82) is 0 Å². The Kier molecular flexibility index (Phi) is 6.81. The standard InChI is InChI=1S/C15H19ClFNO3/c1-15(20,8-9-21-2)10-18-14(19)7-6-11-12(16)4-3-5-13(11)17/h3-7,20H,8-10H2,1-2H3,(H,18,19)/b7-6+. The number of carbonyl (C=O) groups is 1. The van der Waals surface area contributed by atoms with Crippen LogP contribution in [0.1, 0.15) is 18.9 Å². The smallest absolute Gasteiger partial charge is 0.244 e. The van der Waals surface area contributed by atoms with Crippen molar-refractivity contribution < 1.29 is 19.0 Å². The second-order valence-corrected chi connectivity index (χ2v) is 5.33. The van der Waals surface area contributed by atoms with Crippen molar-refractivity contribution in [2.45, 2.75) is 18.9 Å². The van der Waals surface area contributed by atoms with Gasteiger partial charge in [0.05, 0.1) is 10.6 Å². The zero-order valence-electron chi connectivity index (χ0n) is 12.0. The first-order valence-corrected chi connectivity index (χ1v) is 6.85. The van der Waals surface area contributed by atoms with Crippen molar-refractivity contribution in [2.24, 2.45) is 0 Å². The number of ether oxygens (including phenoxy) is 1. The topological polar surface area (TPSA) is 58.6 Å². The number of methoxy groups -OCH3 is 1. The molecule has 1 rings (SSSR count). The maximum atomic E-state index is 13.5. The van der Waals surface area contributed by atoms with E-state index in [1.54, 1.807) is 6.92 Å². The lowest BCUT2D eigenvalue weighted by Gasteiger charge is -2.22. The van der Waals surface area contributed by atoms with Crippen LogP contribution in [0.5, 0.6) is 0 Å². The summed E-state index contributed by atoms with van der Waals surface area (Å²) in [5.74, 6) is -0.939. The first kappa shape index (κ1) is 17.6. The summed E-state index contributed by atoms with van der Waals surface area (Å²) in [5, 5.41) is 12.7. The molecule has 6 heteroatoms. The van der Waals surface area contributed by atoms with Gasteiger partial charge in [0.25, 0.3) is 0 Å². The van der Waals surface area contributed by atoms with Gasteiger partial charge in [-0.2, -0.15) is 0 Å². The highest BCUT2D eigenvalue weighted by atomic mass is 35.5. The summed E-state index contributed by atoms with van der Waals surface area (Å²) in [6, 6.07) is 4.29. The Morgan fingerprint density at radius 1 is 1.57 bits per heavy atom. The van der Waals surface area contributed by atoms with Crippen molar-refractivity contribution in [3.63, 3.8) is 0 Å². The van der Waals surface area contributed by atoms with E-state index in [0.717, 1.165) is 0 Å². The summed E-state index contributed by atoms with van der Waals surface area (Å²) >= 11 is 5.84. The van der Waals surface area contributed by atoms with Gasteiger partial charge in [0.1, 0.15) is 5.82 Å². The summed E-state index contributed by atoms with van der Waals surface area (Å²) in [6.45, 7) is 2.07. The highest BCUT2D eigenvalue weighted by Gasteiger charge is 2.20. The van der Waals surface area contributed by atoms with Gasteiger partial charge in [0.15, 0.2) is 0 Å². The third-order valence-electron chi connectivity index (χ3n) is 2.89. The van der Waals surface area contributed by atoms with Crippen LogP contribution in [0, 0.1) is 5.82 Å². The van der Waals surface area contributed by atoms with E-state index in [9.17, 15) is 14.3 Å². The van der Waals surface area contributed by atoms with E-state index in [0.29, 0.717) is 13.0 Å². The molecule has 0 fully saturated rings. The van der Waals surface area contributed by atoms with Crippen LogP contribution in [0.25, 0.3) is 6.08 Å². The quantitative estimate of drug-likeness (QED) is 0.760. The van der Waals surface area contributed by atoms with Gasteiger partial charge < -0.3 is 15.2 Å². The highest BCUT2D eigenvalue weighted by Crippen LogP contribution is 2.20. The molecule has 0 saturated heterocycles. The van der Waals surface area contributed by atoms with Gasteiger partial charge in [-0.1, -0.05) is 17.7 Å². The molecule has 4 nitrogen and oxygen atoms in total. The molecule has 0 aliphatic heterocycles. The molecular formula is C15H19ClFNO3. The number of carbonyl (C=O) groups excluding carboxylic acids is 1. The molecule has 1 atom stereocenters. The number of benzene rings is 1. The summed E-state index contributed by atoms with van der Waals surface area (Å²) < 4.78 is 18.4. The Morgan fingerprint density at radius 3 is 2.90 bits per heavy atom. The van der Waals surface area contributed by atoms with Crippen LogP contribution in [-0.2, 0) is 9.53 Å². The van der Waals surface area contributed by atoms with Crippen LogP contribution < -0.4 is 5.32 Å². The third kappa shape index (κ3) is 6.25. The number of amides is 1. The van der Waals surface area contributed by atoms with E-state index >= 15 is 0 Å². The number of aliphatic hydroxyl groups is 1. The maximum Gasteiger partial charge on any atom is 0.244 e. The Balaban J connectivity index is 2.56. The predicted molar refractivity (Wildman–Crippen MR) is 80.6 cm³/mol. The largest absolute Gasteiger partial charge is 0.388 e. The summed E-state index contributed by atoms with van der Waals surface area (Å²) in [5.41, 5.74) is -0.907. The summed E-state index contributed by atoms with van der Waals surface area (Å²) in [7, 11) is 1.54. The second kappa shape index (κ2) is 8.12. The van der Waals surface area contributed by atoms with Gasteiger partial charge in [-0.25, -0.2) is 4.39 Å². The fourth-order valence-electron chi connectivity index (χ4n) is 1.58. The molecule has 0 aliphatic rings. The van der Waals surface area contributed by atoms with Crippen LogP contribution in [0.3, 0.4) is 0 Å². The molecule has 0 aromatic heterocycles. The van der Waals surface area contributed by atoms with E-state index in [4.69, 9.17) is 16.3 Å². The van der Waals surface area contributed by atoms with Gasteiger partial charge in [0, 0.05) is 38.3 Å². The molecule has 1 aromatic carbocycles. The minimum atomic E-state index is -1.06. The van der Waals surface area contributed by atoms with E-state index in [2.05, 4.69) is 5.32 Å². The van der Waals surface area contributed by atoms with Gasteiger partial charge >= 0.3 is 0 Å². The molecule has 0 aliphatic carbocycles. The number of halogens is 2. The molecule has 2 N–H and O–H groups in total. The number of rotatable bonds is 7. The van der Waals surface area contributed by atoms with Crippen LogP contribution in [0.2, 0.25) is 5.02 Å². The second-order valence-electron chi connectivity index (χ2n) is 4.93. The van der Waals surface area contributed by atoms with Crippen molar-refractivity contribution in [2.75, 3.05) is 20.3 Å². The van der Waals surface area contributed by atoms with Crippen LogP contribution >= 0.6 is 11.6 Å². The minimum absolute atomic E-state index is 0.0739. The predicted octanol–water partition coefficient (Wildman–Crippen LogP) is 2.40. The normalized spacial score (nSPS) is 14.1. The van der Waals surface area contributed by atoms with E-state index < -0.39 is 17.3 Å². The number of hydrogen-bond acceptors (Lipinski definition) is 3. The monoisotopic (exact) mass is 315 g/mol. The van der Waals surface area contributed by atoms with E-state index in [1.807, 2.05) is 0 Å². The molecule has 21 heavy (non-hydrogen) atoms. The Morgan fingerprint density at radius 2 is 2.29 bits per heavy atom. The lowest BCUT2D eigenvalue weighted by Crippen LogP contribution is -2.40. The fraction of sp³-hybridized carbons (Fsp3) is 0.400. The lowest BCUT2D eigenvalue weighted by atomic mass is 10.0. The molecule has 1 amide bonds. The average Bonchev–Trinajstić information content (AvgIpc) is 2.43. The number of hydrogen-bond donors (Lipinski definition) is 2. The molecule has 0 heterocycles. The van der Waals surface area contributed by atoms with Gasteiger partial charge in [0.2, 0.25) is 5.91 Å². The SMILES string of the molecule is COCCC(C)(O)CNC(=O)/C=C/c1c(F)cccc1Cl. The Labute approximate surface area is 128 Å². The van der Waals surface area contributed by atoms with Crippen molar-refractivity contribution >= 4 is 23.6 Å². The zero-order valence-corrected chi connectivity index (χ0v) is 12.8.